The molecule has 3 heteroatoms. The molecule has 0 bridgehead atoms. The van der Waals surface area contributed by atoms with Gasteiger partial charge in [-0.15, -0.1) is 0 Å². The Morgan fingerprint density at radius 1 is 1.32 bits per heavy atom. The van der Waals surface area contributed by atoms with Crippen LogP contribution in [0.15, 0.2) is 24.3 Å². The molecule has 3 nitrogen and oxygen atoms in total. The van der Waals surface area contributed by atoms with Crippen molar-refractivity contribution in [3.8, 4) is 5.75 Å². The van der Waals surface area contributed by atoms with E-state index in [4.69, 9.17) is 4.74 Å². The average molecular weight is 263 g/mol. The van der Waals surface area contributed by atoms with E-state index in [2.05, 4.69) is 24.4 Å². The van der Waals surface area contributed by atoms with Gasteiger partial charge in [-0.25, -0.2) is 0 Å². The molecule has 1 aromatic carbocycles. The number of hydrogen-bond acceptors (Lipinski definition) is 3. The van der Waals surface area contributed by atoms with Gasteiger partial charge in [-0.05, 0) is 50.3 Å². The molecule has 0 heterocycles. The monoisotopic (exact) mass is 263 g/mol. The van der Waals surface area contributed by atoms with Crippen molar-refractivity contribution >= 4 is 0 Å². The van der Waals surface area contributed by atoms with Gasteiger partial charge in [0, 0.05) is 24.6 Å². The first-order valence-corrected chi connectivity index (χ1v) is 7.15. The van der Waals surface area contributed by atoms with Crippen LogP contribution in [0.25, 0.3) is 0 Å². The number of rotatable bonds is 8. The van der Waals surface area contributed by atoms with Crippen LogP contribution in [0.5, 0.6) is 5.75 Å². The highest BCUT2D eigenvalue weighted by Gasteiger charge is 2.41. The summed E-state index contributed by atoms with van der Waals surface area (Å²) in [6, 6.07) is 8.77. The zero-order valence-electron chi connectivity index (χ0n) is 12.0. The van der Waals surface area contributed by atoms with Gasteiger partial charge in [-0.2, -0.15) is 0 Å². The number of hydrogen-bond donors (Lipinski definition) is 2. The zero-order valence-corrected chi connectivity index (χ0v) is 12.0. The topological polar surface area (TPSA) is 41.5 Å². The van der Waals surface area contributed by atoms with E-state index >= 15 is 0 Å². The van der Waals surface area contributed by atoms with E-state index in [9.17, 15) is 5.11 Å². The summed E-state index contributed by atoms with van der Waals surface area (Å²) in [4.78, 5) is 0. The molecule has 0 aromatic heterocycles. The van der Waals surface area contributed by atoms with Gasteiger partial charge in [0.05, 0.1) is 7.11 Å². The Morgan fingerprint density at radius 3 is 2.53 bits per heavy atom. The van der Waals surface area contributed by atoms with Crippen LogP contribution >= 0.6 is 0 Å². The minimum absolute atomic E-state index is 0.203. The molecule has 1 aliphatic rings. The van der Waals surface area contributed by atoms with Crippen LogP contribution in [0.2, 0.25) is 0 Å². The predicted molar refractivity (Wildman–Crippen MR) is 77.5 cm³/mol. The summed E-state index contributed by atoms with van der Waals surface area (Å²) in [7, 11) is 1.69. The van der Waals surface area contributed by atoms with Crippen molar-refractivity contribution in [3.05, 3.63) is 29.8 Å². The Labute approximate surface area is 116 Å². The summed E-state index contributed by atoms with van der Waals surface area (Å²) in [5, 5.41) is 12.8. The van der Waals surface area contributed by atoms with Crippen LogP contribution < -0.4 is 10.1 Å². The molecule has 1 aliphatic carbocycles. The van der Waals surface area contributed by atoms with E-state index in [-0.39, 0.29) is 5.41 Å². The first-order chi connectivity index (χ1) is 9.17. The van der Waals surface area contributed by atoms with Crippen LogP contribution in [-0.2, 0) is 6.42 Å². The van der Waals surface area contributed by atoms with Crippen molar-refractivity contribution in [1.29, 1.82) is 0 Å². The van der Waals surface area contributed by atoms with Crippen molar-refractivity contribution in [1.82, 2.24) is 5.32 Å². The van der Waals surface area contributed by atoms with E-state index < -0.39 is 0 Å². The summed E-state index contributed by atoms with van der Waals surface area (Å²) in [6.07, 6.45) is 4.53. The number of benzene rings is 1. The maximum atomic E-state index is 9.27. The van der Waals surface area contributed by atoms with E-state index in [1.807, 2.05) is 12.1 Å². The van der Waals surface area contributed by atoms with Crippen LogP contribution in [-0.4, -0.2) is 31.4 Å². The number of methoxy groups -OCH3 is 1. The van der Waals surface area contributed by atoms with Crippen LogP contribution in [0.4, 0.5) is 0 Å². The molecular weight excluding hydrogens is 238 g/mol. The Kier molecular flexibility index (Phi) is 4.83. The average Bonchev–Trinajstić information content (AvgIpc) is 3.24. The molecule has 0 spiro atoms. The van der Waals surface area contributed by atoms with Gasteiger partial charge in [0.1, 0.15) is 5.75 Å². The maximum Gasteiger partial charge on any atom is 0.118 e. The molecule has 1 unspecified atom stereocenters. The van der Waals surface area contributed by atoms with Crippen molar-refractivity contribution in [2.45, 2.75) is 38.6 Å². The lowest BCUT2D eigenvalue weighted by molar-refractivity contribution is 0.204. The fourth-order valence-corrected chi connectivity index (χ4v) is 2.24. The predicted octanol–water partition coefficient (Wildman–Crippen LogP) is 2.38. The summed E-state index contributed by atoms with van der Waals surface area (Å²) in [5.74, 6) is 0.911. The fraction of sp³-hybridized carbons (Fsp3) is 0.625. The lowest BCUT2D eigenvalue weighted by atomic mass is 10.0. The lowest BCUT2D eigenvalue weighted by Crippen LogP contribution is -2.33. The molecule has 1 aromatic rings. The first-order valence-electron chi connectivity index (χ1n) is 7.15. The lowest BCUT2D eigenvalue weighted by Gasteiger charge is -2.18. The Balaban J connectivity index is 1.69. The zero-order chi connectivity index (χ0) is 13.7. The maximum absolute atomic E-state index is 9.27. The van der Waals surface area contributed by atoms with Crippen molar-refractivity contribution in [2.75, 3.05) is 20.3 Å². The quantitative estimate of drug-likeness (QED) is 0.756. The molecule has 1 saturated carbocycles. The molecule has 0 saturated heterocycles. The number of aliphatic hydroxyl groups excluding tert-OH is 1. The molecule has 19 heavy (non-hydrogen) atoms. The minimum atomic E-state index is 0.203. The first kappa shape index (κ1) is 14.4. The number of aliphatic hydroxyl groups is 1. The molecule has 0 radical (unpaired) electrons. The van der Waals surface area contributed by atoms with Crippen LogP contribution in [0.1, 0.15) is 31.7 Å². The molecule has 0 aliphatic heterocycles. The van der Waals surface area contributed by atoms with E-state index in [1.165, 1.54) is 18.4 Å². The molecule has 2 rings (SSSR count). The summed E-state index contributed by atoms with van der Waals surface area (Å²) >= 11 is 0. The molecular formula is C16H25NO2. The third-order valence-corrected chi connectivity index (χ3v) is 4.14. The third kappa shape index (κ3) is 4.22. The normalized spacial score (nSPS) is 18.1. The highest BCUT2D eigenvalue weighted by molar-refractivity contribution is 5.27. The Morgan fingerprint density at radius 2 is 2.00 bits per heavy atom. The fourth-order valence-electron chi connectivity index (χ4n) is 2.24. The van der Waals surface area contributed by atoms with E-state index in [1.54, 1.807) is 7.11 Å². The van der Waals surface area contributed by atoms with Crippen molar-refractivity contribution in [2.24, 2.45) is 5.41 Å². The largest absolute Gasteiger partial charge is 0.497 e. The Hall–Kier alpha value is -1.06. The van der Waals surface area contributed by atoms with Gasteiger partial charge < -0.3 is 15.2 Å². The molecule has 106 valence electrons. The van der Waals surface area contributed by atoms with Crippen LogP contribution in [0.3, 0.4) is 0 Å². The minimum Gasteiger partial charge on any atom is -0.497 e. The molecule has 2 N–H and O–H groups in total. The second-order valence-electron chi connectivity index (χ2n) is 5.83. The van der Waals surface area contributed by atoms with Crippen molar-refractivity contribution < 1.29 is 9.84 Å². The molecule has 1 atom stereocenters. The smallest absolute Gasteiger partial charge is 0.118 e. The SMILES string of the molecule is COc1ccc(CCC(C)NCC2(CO)CC2)cc1. The number of aryl methyl sites for hydroxylation is 1. The van der Waals surface area contributed by atoms with Gasteiger partial charge in [0.15, 0.2) is 0 Å². The van der Waals surface area contributed by atoms with Crippen molar-refractivity contribution in [3.63, 3.8) is 0 Å². The third-order valence-electron chi connectivity index (χ3n) is 4.14. The van der Waals surface area contributed by atoms with Gasteiger partial charge in [0.25, 0.3) is 0 Å². The van der Waals surface area contributed by atoms with Gasteiger partial charge in [-0.3, -0.25) is 0 Å². The van der Waals surface area contributed by atoms with E-state index in [0.717, 1.165) is 25.1 Å². The Bertz CT molecular complexity index is 384. The number of ether oxygens (including phenoxy) is 1. The highest BCUT2D eigenvalue weighted by Crippen LogP contribution is 2.44. The van der Waals surface area contributed by atoms with E-state index in [0.29, 0.717) is 12.6 Å². The van der Waals surface area contributed by atoms with Gasteiger partial charge >= 0.3 is 0 Å². The molecule has 0 amide bonds. The number of nitrogens with one attached hydrogen (secondary N) is 1. The van der Waals surface area contributed by atoms with Crippen LogP contribution in [0, 0.1) is 5.41 Å². The second-order valence-corrected chi connectivity index (χ2v) is 5.83. The van der Waals surface area contributed by atoms with Gasteiger partial charge in [-0.1, -0.05) is 12.1 Å². The summed E-state index contributed by atoms with van der Waals surface area (Å²) in [5.41, 5.74) is 1.55. The highest BCUT2D eigenvalue weighted by atomic mass is 16.5. The summed E-state index contributed by atoms with van der Waals surface area (Å²) in [6.45, 7) is 3.50. The molecule has 1 fully saturated rings. The standard InChI is InChI=1S/C16H25NO2/c1-13(17-11-16(12-18)9-10-16)3-4-14-5-7-15(19-2)8-6-14/h5-8,13,17-18H,3-4,9-12H2,1-2H3. The van der Waals surface area contributed by atoms with Gasteiger partial charge in [0.2, 0.25) is 0 Å². The summed E-state index contributed by atoms with van der Waals surface area (Å²) < 4.78 is 5.15. The second kappa shape index (κ2) is 6.40.